The number of ether oxygens (including phenoxy) is 1. The van der Waals surface area contributed by atoms with Gasteiger partial charge in [-0.3, -0.25) is 4.79 Å². The van der Waals surface area contributed by atoms with Gasteiger partial charge in [0.05, 0.1) is 6.61 Å². The molecule has 0 radical (unpaired) electrons. The Bertz CT molecular complexity index is 1190. The van der Waals surface area contributed by atoms with Gasteiger partial charge in [-0.1, -0.05) is 52.3 Å². The van der Waals surface area contributed by atoms with Gasteiger partial charge in [-0.05, 0) is 91.3 Å². The van der Waals surface area contributed by atoms with Crippen molar-refractivity contribution in [3.63, 3.8) is 0 Å². The van der Waals surface area contributed by atoms with E-state index < -0.39 is 0 Å². The van der Waals surface area contributed by atoms with Gasteiger partial charge in [-0.25, -0.2) is 4.79 Å². The molecule has 1 amide bonds. The van der Waals surface area contributed by atoms with Crippen LogP contribution in [0.15, 0.2) is 46.3 Å². The van der Waals surface area contributed by atoms with Crippen molar-refractivity contribution >= 4 is 11.9 Å². The van der Waals surface area contributed by atoms with Crippen LogP contribution in [0.4, 0.5) is 4.79 Å². The first kappa shape index (κ1) is 26.3. The molecule has 0 spiro atoms. The molecule has 0 heterocycles. The van der Waals surface area contributed by atoms with Crippen molar-refractivity contribution < 1.29 is 19.4 Å². The van der Waals surface area contributed by atoms with E-state index in [2.05, 4.69) is 46.8 Å². The van der Waals surface area contributed by atoms with Crippen LogP contribution in [0.3, 0.4) is 0 Å². The fourth-order valence-corrected chi connectivity index (χ4v) is 9.02. The Kier molecular flexibility index (Phi) is 5.76. The summed E-state index contributed by atoms with van der Waals surface area (Å²) in [5, 5.41) is 10.3. The summed E-state index contributed by atoms with van der Waals surface area (Å²) in [6, 6.07) is 0. The Balaban J connectivity index is 1.53. The van der Waals surface area contributed by atoms with Gasteiger partial charge in [0.1, 0.15) is 0 Å². The van der Waals surface area contributed by atoms with Crippen molar-refractivity contribution in [2.45, 2.75) is 86.5 Å². The first-order valence-electron chi connectivity index (χ1n) is 14.0. The van der Waals surface area contributed by atoms with Gasteiger partial charge in [-0.15, -0.1) is 0 Å². The highest BCUT2D eigenvalue weighted by molar-refractivity contribution is 6.06. The van der Waals surface area contributed by atoms with E-state index in [4.69, 9.17) is 4.74 Å². The van der Waals surface area contributed by atoms with E-state index in [1.165, 1.54) is 23.3 Å². The lowest BCUT2D eigenvalue weighted by atomic mass is 9.34. The second-order valence-electron chi connectivity index (χ2n) is 14.3. The van der Waals surface area contributed by atoms with Crippen LogP contribution in [0, 0.1) is 33.0 Å². The maximum Gasteiger partial charge on any atom is 0.409 e. The standard InChI is InChI=1S/C32H45NO4/c1-20-21-9-10-24-30(4,22(21)17-23(34)26(20)35)14-16-32(6)25-18-28(2,19-37-27(36)33(7)8)11-12-29(25,3)13-15-31(24,32)5/h9-10,17,25,35H,11-16,18-19H2,1-8H3/t25-,28-,29-,30+,31-,32+/m1/s1. The number of allylic oxidation sites excluding steroid dienone is 7. The molecule has 202 valence electrons. The minimum Gasteiger partial charge on any atom is -0.504 e. The highest BCUT2D eigenvalue weighted by Crippen LogP contribution is 2.75. The second kappa shape index (κ2) is 8.10. The monoisotopic (exact) mass is 507 g/mol. The summed E-state index contributed by atoms with van der Waals surface area (Å²) in [5.74, 6) is 0.142. The van der Waals surface area contributed by atoms with Crippen LogP contribution < -0.4 is 0 Å². The van der Waals surface area contributed by atoms with Crippen molar-refractivity contribution in [3.05, 3.63) is 46.3 Å². The topological polar surface area (TPSA) is 66.8 Å². The van der Waals surface area contributed by atoms with Gasteiger partial charge >= 0.3 is 6.09 Å². The smallest absolute Gasteiger partial charge is 0.409 e. The molecule has 5 rings (SSSR count). The number of fused-ring (bicyclic) bond motifs is 7. The Morgan fingerprint density at radius 2 is 1.70 bits per heavy atom. The zero-order valence-corrected chi connectivity index (χ0v) is 24.1. The number of nitrogens with zero attached hydrogens (tertiary/aromatic N) is 1. The molecular formula is C32H45NO4. The van der Waals surface area contributed by atoms with Gasteiger partial charge in [0.15, 0.2) is 5.76 Å². The van der Waals surface area contributed by atoms with E-state index in [1.54, 1.807) is 20.2 Å². The third-order valence-electron chi connectivity index (χ3n) is 11.9. The third kappa shape index (κ3) is 3.55. The maximum absolute atomic E-state index is 12.7. The van der Waals surface area contributed by atoms with Crippen molar-refractivity contribution in [3.8, 4) is 0 Å². The molecule has 0 aromatic carbocycles. The van der Waals surface area contributed by atoms with Gasteiger partial charge in [0.2, 0.25) is 5.78 Å². The fraction of sp³-hybridized carbons (Fsp3) is 0.688. The lowest BCUT2D eigenvalue weighted by Gasteiger charge is -2.70. The fourth-order valence-electron chi connectivity index (χ4n) is 9.02. The van der Waals surface area contributed by atoms with Crippen LogP contribution in [0.25, 0.3) is 0 Å². The first-order valence-corrected chi connectivity index (χ1v) is 14.0. The average Bonchev–Trinajstić information content (AvgIpc) is 2.84. The van der Waals surface area contributed by atoms with Crippen LogP contribution in [0.2, 0.25) is 0 Å². The summed E-state index contributed by atoms with van der Waals surface area (Å²) < 4.78 is 5.75. The highest BCUT2D eigenvalue weighted by Gasteiger charge is 2.66. The normalized spacial score (nSPS) is 42.9. The Labute approximate surface area is 222 Å². The van der Waals surface area contributed by atoms with Crippen LogP contribution in [-0.4, -0.2) is 42.6 Å². The Hall–Kier alpha value is -2.30. The summed E-state index contributed by atoms with van der Waals surface area (Å²) in [4.78, 5) is 26.4. The van der Waals surface area contributed by atoms with E-state index in [1.807, 2.05) is 6.92 Å². The molecule has 1 N–H and O–H groups in total. The number of hydrogen-bond acceptors (Lipinski definition) is 4. The SMILES string of the molecule is CC1=C(O)C(=O)C=C2C1=CC=C1[C@@]2(C)CC[C@@]2(C)[C@@H]3C[C@](C)(COC(=O)N(C)C)CC[C@]3(C)CC[C@]12C. The Morgan fingerprint density at radius 1 is 1.03 bits per heavy atom. The molecule has 5 aliphatic carbocycles. The van der Waals surface area contributed by atoms with Crippen LogP contribution >= 0.6 is 0 Å². The molecule has 0 unspecified atom stereocenters. The number of rotatable bonds is 2. The summed E-state index contributed by atoms with van der Waals surface area (Å²) >= 11 is 0. The number of carbonyl (C=O) groups is 2. The van der Waals surface area contributed by atoms with Gasteiger partial charge < -0.3 is 14.7 Å². The number of ketones is 1. The first-order chi connectivity index (χ1) is 17.1. The Morgan fingerprint density at radius 3 is 2.38 bits per heavy atom. The molecule has 37 heavy (non-hydrogen) atoms. The second-order valence-corrected chi connectivity index (χ2v) is 14.3. The van der Waals surface area contributed by atoms with Crippen LogP contribution in [0.5, 0.6) is 0 Å². The van der Waals surface area contributed by atoms with Crippen molar-refractivity contribution in [1.29, 1.82) is 0 Å². The van der Waals surface area contributed by atoms with Crippen LogP contribution in [-0.2, 0) is 9.53 Å². The molecule has 3 fully saturated rings. The lowest BCUT2D eigenvalue weighted by molar-refractivity contribution is -0.166. The molecule has 5 nitrogen and oxygen atoms in total. The molecule has 3 saturated carbocycles. The molecular weight excluding hydrogens is 462 g/mol. The summed E-state index contributed by atoms with van der Waals surface area (Å²) in [6.45, 7) is 14.5. The summed E-state index contributed by atoms with van der Waals surface area (Å²) in [6.07, 6.45) is 13.7. The number of carbonyl (C=O) groups excluding carboxylic acids is 2. The van der Waals surface area contributed by atoms with E-state index in [-0.39, 0.29) is 44.7 Å². The molecule has 5 heteroatoms. The van der Waals surface area contributed by atoms with Crippen LogP contribution in [0.1, 0.15) is 86.5 Å². The molecule has 0 aliphatic heterocycles. The number of amides is 1. The molecule has 6 atom stereocenters. The minimum absolute atomic E-state index is 0.00572. The molecule has 0 aromatic heterocycles. The quantitative estimate of drug-likeness (QED) is 0.425. The number of hydrogen-bond donors (Lipinski definition) is 1. The predicted molar refractivity (Wildman–Crippen MR) is 146 cm³/mol. The minimum atomic E-state index is -0.267. The van der Waals surface area contributed by atoms with Crippen molar-refractivity contribution in [2.24, 2.45) is 33.0 Å². The van der Waals surface area contributed by atoms with E-state index in [9.17, 15) is 14.7 Å². The predicted octanol–water partition coefficient (Wildman–Crippen LogP) is 7.31. The maximum atomic E-state index is 12.7. The van der Waals surface area contributed by atoms with Gasteiger partial charge in [0, 0.05) is 30.5 Å². The average molecular weight is 508 g/mol. The van der Waals surface area contributed by atoms with E-state index in [0.29, 0.717) is 18.1 Å². The molecule has 0 aromatic rings. The zero-order valence-electron chi connectivity index (χ0n) is 24.1. The largest absolute Gasteiger partial charge is 0.504 e. The van der Waals surface area contributed by atoms with Gasteiger partial charge in [-0.2, -0.15) is 0 Å². The van der Waals surface area contributed by atoms with Gasteiger partial charge in [0.25, 0.3) is 0 Å². The van der Waals surface area contributed by atoms with Crippen molar-refractivity contribution in [2.75, 3.05) is 20.7 Å². The summed E-state index contributed by atoms with van der Waals surface area (Å²) in [5.41, 5.74) is 4.43. The van der Waals surface area contributed by atoms with Crippen molar-refractivity contribution in [1.82, 2.24) is 4.90 Å². The number of aliphatic hydroxyl groups excluding tert-OH is 1. The highest BCUT2D eigenvalue weighted by atomic mass is 16.6. The molecule has 0 bridgehead atoms. The zero-order chi connectivity index (χ0) is 27.2. The number of aliphatic hydroxyl groups is 1. The lowest BCUT2D eigenvalue weighted by Crippen LogP contribution is -2.62. The van der Waals surface area contributed by atoms with E-state index in [0.717, 1.165) is 43.3 Å². The molecule has 0 saturated heterocycles. The van der Waals surface area contributed by atoms with E-state index >= 15 is 0 Å². The third-order valence-corrected chi connectivity index (χ3v) is 11.9. The molecule has 5 aliphatic rings. The summed E-state index contributed by atoms with van der Waals surface area (Å²) in [7, 11) is 3.47.